The highest BCUT2D eigenvalue weighted by Gasteiger charge is 2.19. The molecular weight excluding hydrogens is 248 g/mol. The third kappa shape index (κ3) is 2.99. The monoisotopic (exact) mass is 268 g/mol. The van der Waals surface area contributed by atoms with E-state index in [1.807, 2.05) is 18.3 Å². The molecule has 0 spiro atoms. The molecule has 20 heavy (non-hydrogen) atoms. The van der Waals surface area contributed by atoms with Gasteiger partial charge in [0.15, 0.2) is 0 Å². The molecule has 0 radical (unpaired) electrons. The topological polar surface area (TPSA) is 45.1 Å². The lowest BCUT2D eigenvalue weighted by Crippen LogP contribution is -2.27. The summed E-state index contributed by atoms with van der Waals surface area (Å²) < 4.78 is 0. The van der Waals surface area contributed by atoms with Crippen molar-refractivity contribution in [2.24, 2.45) is 0 Å². The van der Waals surface area contributed by atoms with Crippen LogP contribution in [0.3, 0.4) is 0 Å². The second kappa shape index (κ2) is 6.06. The van der Waals surface area contributed by atoms with Gasteiger partial charge in [-0.3, -0.25) is 4.98 Å². The molecule has 3 nitrogen and oxygen atoms in total. The Bertz CT molecular complexity index is 568. The fourth-order valence-corrected chi connectivity index (χ4v) is 2.95. The minimum absolute atomic E-state index is 0.375. The highest BCUT2D eigenvalue weighted by molar-refractivity contribution is 5.38. The standard InChI is InChI=1S/C17H20N2O/c20-15-6-7-16-14(11-15)4-1-5-17(16)19-10-8-13-3-2-9-18-12-13/h2-3,6-7,9,11-12,17,19-20H,1,4-5,8,10H2. The number of pyridine rings is 1. The van der Waals surface area contributed by atoms with Gasteiger partial charge < -0.3 is 10.4 Å². The van der Waals surface area contributed by atoms with E-state index < -0.39 is 0 Å². The van der Waals surface area contributed by atoms with E-state index in [1.54, 1.807) is 12.3 Å². The first-order valence-corrected chi connectivity index (χ1v) is 7.27. The molecule has 104 valence electrons. The van der Waals surface area contributed by atoms with Crippen LogP contribution in [0.4, 0.5) is 0 Å². The van der Waals surface area contributed by atoms with Crippen LogP contribution in [0.1, 0.15) is 35.6 Å². The summed E-state index contributed by atoms with van der Waals surface area (Å²) >= 11 is 0. The van der Waals surface area contributed by atoms with Crippen LogP contribution in [0.2, 0.25) is 0 Å². The van der Waals surface area contributed by atoms with Gasteiger partial charge >= 0.3 is 0 Å². The van der Waals surface area contributed by atoms with Crippen molar-refractivity contribution in [1.82, 2.24) is 10.3 Å². The van der Waals surface area contributed by atoms with E-state index in [9.17, 15) is 5.11 Å². The van der Waals surface area contributed by atoms with Gasteiger partial charge in [-0.1, -0.05) is 12.1 Å². The fraction of sp³-hybridized carbons (Fsp3) is 0.353. The molecule has 1 aliphatic rings. The summed E-state index contributed by atoms with van der Waals surface area (Å²) in [6.45, 7) is 0.955. The van der Waals surface area contributed by atoms with Gasteiger partial charge in [-0.2, -0.15) is 0 Å². The Morgan fingerprint density at radius 2 is 2.25 bits per heavy atom. The van der Waals surface area contributed by atoms with Gasteiger partial charge in [0.05, 0.1) is 0 Å². The average Bonchev–Trinajstić information content (AvgIpc) is 2.48. The molecule has 0 fully saturated rings. The number of hydrogen-bond donors (Lipinski definition) is 2. The number of phenols is 1. The Morgan fingerprint density at radius 3 is 3.10 bits per heavy atom. The van der Waals surface area contributed by atoms with E-state index in [0.29, 0.717) is 11.8 Å². The molecule has 0 amide bonds. The first-order valence-electron chi connectivity index (χ1n) is 7.27. The molecule has 2 aromatic rings. The second-order valence-electron chi connectivity index (χ2n) is 5.39. The zero-order valence-electron chi connectivity index (χ0n) is 11.5. The van der Waals surface area contributed by atoms with Crippen molar-refractivity contribution in [3.63, 3.8) is 0 Å². The van der Waals surface area contributed by atoms with E-state index in [4.69, 9.17) is 0 Å². The minimum atomic E-state index is 0.375. The zero-order valence-corrected chi connectivity index (χ0v) is 11.5. The molecule has 3 heteroatoms. The van der Waals surface area contributed by atoms with Gasteiger partial charge in [-0.25, -0.2) is 0 Å². The third-order valence-electron chi connectivity index (χ3n) is 3.97. The molecule has 1 atom stereocenters. The van der Waals surface area contributed by atoms with E-state index in [0.717, 1.165) is 19.4 Å². The van der Waals surface area contributed by atoms with Gasteiger partial charge in [0.1, 0.15) is 5.75 Å². The molecule has 3 rings (SSSR count). The van der Waals surface area contributed by atoms with E-state index in [-0.39, 0.29) is 0 Å². The van der Waals surface area contributed by atoms with Crippen molar-refractivity contribution in [2.75, 3.05) is 6.54 Å². The van der Waals surface area contributed by atoms with Crippen LogP contribution in [-0.2, 0) is 12.8 Å². The van der Waals surface area contributed by atoms with Crippen LogP contribution in [0.5, 0.6) is 5.75 Å². The summed E-state index contributed by atoms with van der Waals surface area (Å²) in [5.41, 5.74) is 3.90. The number of nitrogens with zero attached hydrogens (tertiary/aromatic N) is 1. The van der Waals surface area contributed by atoms with Gasteiger partial charge in [-0.15, -0.1) is 0 Å². The minimum Gasteiger partial charge on any atom is -0.508 e. The summed E-state index contributed by atoms with van der Waals surface area (Å²) in [5.74, 6) is 0.375. The summed E-state index contributed by atoms with van der Waals surface area (Å²) in [6.07, 6.45) is 8.16. The Balaban J connectivity index is 1.62. The summed E-state index contributed by atoms with van der Waals surface area (Å²) in [6, 6.07) is 10.3. The number of aromatic nitrogens is 1. The van der Waals surface area contributed by atoms with Crippen molar-refractivity contribution >= 4 is 0 Å². The van der Waals surface area contributed by atoms with Crippen LogP contribution in [-0.4, -0.2) is 16.6 Å². The number of aromatic hydroxyl groups is 1. The summed E-state index contributed by atoms with van der Waals surface area (Å²) in [5, 5.41) is 13.2. The van der Waals surface area contributed by atoms with E-state index in [1.165, 1.54) is 29.5 Å². The number of nitrogens with one attached hydrogen (secondary N) is 1. The Morgan fingerprint density at radius 1 is 1.30 bits per heavy atom. The van der Waals surface area contributed by atoms with Crippen molar-refractivity contribution < 1.29 is 5.11 Å². The molecular formula is C17H20N2O. The molecule has 0 aliphatic heterocycles. The van der Waals surface area contributed by atoms with Crippen molar-refractivity contribution in [1.29, 1.82) is 0 Å². The normalized spacial score (nSPS) is 17.7. The summed E-state index contributed by atoms with van der Waals surface area (Å²) in [4.78, 5) is 4.14. The molecule has 1 unspecified atom stereocenters. The molecule has 0 saturated carbocycles. The highest BCUT2D eigenvalue weighted by Crippen LogP contribution is 2.31. The Kier molecular flexibility index (Phi) is 3.97. The lowest BCUT2D eigenvalue weighted by Gasteiger charge is -2.26. The molecule has 1 aromatic heterocycles. The number of hydrogen-bond acceptors (Lipinski definition) is 3. The summed E-state index contributed by atoms with van der Waals surface area (Å²) in [7, 11) is 0. The van der Waals surface area contributed by atoms with E-state index in [2.05, 4.69) is 22.4 Å². The highest BCUT2D eigenvalue weighted by atomic mass is 16.3. The maximum absolute atomic E-state index is 9.57. The first kappa shape index (κ1) is 13.1. The average molecular weight is 268 g/mol. The fourth-order valence-electron chi connectivity index (χ4n) is 2.95. The van der Waals surface area contributed by atoms with Crippen LogP contribution >= 0.6 is 0 Å². The van der Waals surface area contributed by atoms with Crippen molar-refractivity contribution in [2.45, 2.75) is 31.7 Å². The van der Waals surface area contributed by atoms with Crippen LogP contribution in [0.25, 0.3) is 0 Å². The lowest BCUT2D eigenvalue weighted by molar-refractivity contribution is 0.452. The second-order valence-corrected chi connectivity index (χ2v) is 5.39. The predicted molar refractivity (Wildman–Crippen MR) is 79.7 cm³/mol. The molecule has 0 saturated heterocycles. The predicted octanol–water partition coefficient (Wildman–Crippen LogP) is 3.00. The number of fused-ring (bicyclic) bond motifs is 1. The largest absolute Gasteiger partial charge is 0.508 e. The first-order chi connectivity index (χ1) is 9.83. The molecule has 1 aromatic carbocycles. The molecule has 0 bridgehead atoms. The van der Waals surface area contributed by atoms with Gasteiger partial charge in [0.25, 0.3) is 0 Å². The molecule has 2 N–H and O–H groups in total. The maximum Gasteiger partial charge on any atom is 0.115 e. The van der Waals surface area contributed by atoms with Crippen molar-refractivity contribution in [3.8, 4) is 5.75 Å². The van der Waals surface area contributed by atoms with Gasteiger partial charge in [0.2, 0.25) is 0 Å². The smallest absolute Gasteiger partial charge is 0.115 e. The quantitative estimate of drug-likeness (QED) is 0.896. The van der Waals surface area contributed by atoms with Crippen molar-refractivity contribution in [3.05, 3.63) is 59.4 Å². The lowest BCUT2D eigenvalue weighted by atomic mass is 9.87. The Hall–Kier alpha value is -1.87. The molecule has 1 heterocycles. The number of rotatable bonds is 4. The zero-order chi connectivity index (χ0) is 13.8. The Labute approximate surface area is 119 Å². The van der Waals surface area contributed by atoms with E-state index >= 15 is 0 Å². The third-order valence-corrected chi connectivity index (χ3v) is 3.97. The van der Waals surface area contributed by atoms with Crippen LogP contribution in [0, 0.1) is 0 Å². The number of aryl methyl sites for hydroxylation is 1. The number of phenolic OH excluding ortho intramolecular Hbond substituents is 1. The van der Waals surface area contributed by atoms with Crippen LogP contribution < -0.4 is 5.32 Å². The maximum atomic E-state index is 9.57. The van der Waals surface area contributed by atoms with Crippen LogP contribution in [0.15, 0.2) is 42.7 Å². The number of benzene rings is 1. The van der Waals surface area contributed by atoms with Gasteiger partial charge in [-0.05, 0) is 67.1 Å². The SMILES string of the molecule is Oc1ccc2c(c1)CCCC2NCCc1cccnc1. The van der Waals surface area contributed by atoms with Gasteiger partial charge in [0, 0.05) is 18.4 Å². The molecule has 1 aliphatic carbocycles.